The number of likely N-dealkylation sites (tertiary alicyclic amines) is 1. The monoisotopic (exact) mass is 434 g/mol. The highest BCUT2D eigenvalue weighted by molar-refractivity contribution is 6.06. The van der Waals surface area contributed by atoms with Gasteiger partial charge in [0.1, 0.15) is 0 Å². The van der Waals surface area contributed by atoms with Crippen molar-refractivity contribution in [3.8, 4) is 11.5 Å². The van der Waals surface area contributed by atoms with Crippen LogP contribution in [-0.4, -0.2) is 45.3 Å². The predicted octanol–water partition coefficient (Wildman–Crippen LogP) is 4.54. The first kappa shape index (κ1) is 20.8. The van der Waals surface area contributed by atoms with E-state index in [-0.39, 0.29) is 17.9 Å². The van der Waals surface area contributed by atoms with Gasteiger partial charge in [-0.25, -0.2) is 4.98 Å². The zero-order chi connectivity index (χ0) is 22.4. The molecule has 0 unspecified atom stereocenters. The lowest BCUT2D eigenvalue weighted by atomic mass is 10.0. The molecule has 0 saturated carbocycles. The number of carbonyl (C=O) groups excluding carboxylic acids is 1. The molecule has 3 aromatic rings. The second kappa shape index (κ2) is 8.11. The number of hydrogen-bond donors (Lipinski definition) is 0. The van der Waals surface area contributed by atoms with Crippen molar-refractivity contribution >= 4 is 16.9 Å². The predicted molar refractivity (Wildman–Crippen MR) is 122 cm³/mol. The fourth-order valence-corrected chi connectivity index (χ4v) is 4.83. The third-order valence-corrected chi connectivity index (χ3v) is 6.48. The van der Waals surface area contributed by atoms with E-state index >= 15 is 0 Å². The van der Waals surface area contributed by atoms with Crippen LogP contribution in [0.5, 0.6) is 11.5 Å². The molecule has 1 saturated heterocycles. The highest BCUT2D eigenvalue weighted by atomic mass is 16.5. The molecule has 5 rings (SSSR count). The Kier molecular flexibility index (Phi) is 5.27. The summed E-state index contributed by atoms with van der Waals surface area (Å²) in [6.07, 6.45) is 2.78. The first-order valence-corrected chi connectivity index (χ1v) is 11.5. The van der Waals surface area contributed by atoms with Gasteiger partial charge in [-0.2, -0.15) is 5.10 Å². The van der Waals surface area contributed by atoms with Crippen molar-refractivity contribution < 1.29 is 14.3 Å². The normalized spacial score (nSPS) is 18.4. The van der Waals surface area contributed by atoms with Crippen molar-refractivity contribution in [2.75, 3.05) is 19.8 Å². The first-order valence-electron chi connectivity index (χ1n) is 11.5. The van der Waals surface area contributed by atoms with Gasteiger partial charge in [0.25, 0.3) is 5.91 Å². The molecule has 1 aromatic carbocycles. The second-order valence-electron chi connectivity index (χ2n) is 9.07. The van der Waals surface area contributed by atoms with Gasteiger partial charge < -0.3 is 14.4 Å². The molecule has 0 N–H and O–H groups in total. The molecule has 0 aliphatic carbocycles. The molecule has 1 fully saturated rings. The quantitative estimate of drug-likeness (QED) is 0.605. The maximum Gasteiger partial charge on any atom is 0.255 e. The van der Waals surface area contributed by atoms with Crippen LogP contribution < -0.4 is 9.47 Å². The number of fused-ring (bicyclic) bond motifs is 2. The maximum absolute atomic E-state index is 13.9. The molecule has 2 aromatic heterocycles. The number of nitrogens with zero attached hydrogens (tertiary/aromatic N) is 4. The smallest absolute Gasteiger partial charge is 0.255 e. The Morgan fingerprint density at radius 3 is 2.69 bits per heavy atom. The fourth-order valence-electron chi connectivity index (χ4n) is 4.83. The Labute approximate surface area is 188 Å². The van der Waals surface area contributed by atoms with Gasteiger partial charge in [0.2, 0.25) is 0 Å². The second-order valence-corrected chi connectivity index (χ2v) is 9.07. The molecule has 0 bridgehead atoms. The van der Waals surface area contributed by atoms with E-state index in [0.717, 1.165) is 65.3 Å². The highest BCUT2D eigenvalue weighted by Gasteiger charge is 2.33. The molecule has 1 amide bonds. The molecule has 4 heterocycles. The van der Waals surface area contributed by atoms with E-state index < -0.39 is 0 Å². The van der Waals surface area contributed by atoms with Crippen LogP contribution in [0.4, 0.5) is 0 Å². The van der Waals surface area contributed by atoms with Crippen LogP contribution in [-0.2, 0) is 7.05 Å². The lowest BCUT2D eigenvalue weighted by molar-refractivity contribution is 0.0737. The van der Waals surface area contributed by atoms with E-state index in [9.17, 15) is 4.79 Å². The minimum Gasteiger partial charge on any atom is -0.490 e. The van der Waals surface area contributed by atoms with E-state index in [1.807, 2.05) is 37.1 Å². The number of aromatic nitrogens is 3. The molecule has 7 nitrogen and oxygen atoms in total. The van der Waals surface area contributed by atoms with Gasteiger partial charge in [0.15, 0.2) is 17.1 Å². The summed E-state index contributed by atoms with van der Waals surface area (Å²) in [6, 6.07) is 8.08. The van der Waals surface area contributed by atoms with Crippen LogP contribution in [0.3, 0.4) is 0 Å². The molecule has 2 aliphatic heterocycles. The van der Waals surface area contributed by atoms with Crippen molar-refractivity contribution in [2.24, 2.45) is 7.05 Å². The van der Waals surface area contributed by atoms with E-state index in [1.165, 1.54) is 0 Å². The Morgan fingerprint density at radius 2 is 1.91 bits per heavy atom. The zero-order valence-corrected chi connectivity index (χ0v) is 19.2. The Morgan fingerprint density at radius 1 is 1.12 bits per heavy atom. The topological polar surface area (TPSA) is 69.5 Å². The summed E-state index contributed by atoms with van der Waals surface area (Å²) in [5, 5.41) is 5.40. The maximum atomic E-state index is 13.9. The summed E-state index contributed by atoms with van der Waals surface area (Å²) < 4.78 is 13.5. The summed E-state index contributed by atoms with van der Waals surface area (Å²) >= 11 is 0. The van der Waals surface area contributed by atoms with Crippen molar-refractivity contribution in [2.45, 2.75) is 52.0 Å². The van der Waals surface area contributed by atoms with Gasteiger partial charge in [0, 0.05) is 25.7 Å². The van der Waals surface area contributed by atoms with Crippen molar-refractivity contribution in [3.63, 3.8) is 0 Å². The van der Waals surface area contributed by atoms with Gasteiger partial charge in [0.05, 0.1) is 35.9 Å². The van der Waals surface area contributed by atoms with Crippen LogP contribution >= 0.6 is 0 Å². The molecule has 1 atom stereocenters. The van der Waals surface area contributed by atoms with Crippen LogP contribution in [0.25, 0.3) is 11.0 Å². The number of amides is 1. The van der Waals surface area contributed by atoms with Gasteiger partial charge in [-0.05, 0) is 49.4 Å². The van der Waals surface area contributed by atoms with Gasteiger partial charge in [-0.15, -0.1) is 0 Å². The minimum absolute atomic E-state index is 0.0161. The fraction of sp³-hybridized carbons (Fsp3) is 0.480. The third kappa shape index (κ3) is 3.49. The number of rotatable bonds is 3. The number of carbonyl (C=O) groups is 1. The number of pyridine rings is 1. The molecular formula is C25H30N4O3. The molecule has 0 spiro atoms. The molecule has 7 heteroatoms. The Hall–Kier alpha value is -3.09. The van der Waals surface area contributed by atoms with Gasteiger partial charge in [-0.3, -0.25) is 9.48 Å². The summed E-state index contributed by atoms with van der Waals surface area (Å²) in [5.74, 6) is 1.82. The standard InChI is InChI=1S/C25H30N4O3/c1-15(2)19-14-18(23-16(3)27-28(4)24(23)26-19)25(30)29-10-5-7-20(29)17-8-9-21-22(13-17)32-12-6-11-31-21/h8-9,13-15,20H,5-7,10-12H2,1-4H3/t20-/m1/s1. The van der Waals surface area contributed by atoms with Gasteiger partial charge >= 0.3 is 0 Å². The molecule has 2 aliphatic rings. The van der Waals surface area contributed by atoms with Crippen molar-refractivity contribution in [3.05, 3.63) is 46.8 Å². The van der Waals surface area contributed by atoms with Crippen LogP contribution in [0.15, 0.2) is 24.3 Å². The van der Waals surface area contributed by atoms with E-state index in [0.29, 0.717) is 18.8 Å². The zero-order valence-electron chi connectivity index (χ0n) is 19.2. The van der Waals surface area contributed by atoms with E-state index in [2.05, 4.69) is 25.0 Å². The van der Waals surface area contributed by atoms with Crippen LogP contribution in [0.2, 0.25) is 0 Å². The molecule has 168 valence electrons. The van der Waals surface area contributed by atoms with Crippen LogP contribution in [0.1, 0.15) is 72.4 Å². The number of hydrogen-bond acceptors (Lipinski definition) is 5. The SMILES string of the molecule is Cc1nn(C)c2nc(C(C)C)cc(C(=O)N3CCC[C@@H]3c3ccc4c(c3)OCCCO4)c12. The number of ether oxygens (including phenoxy) is 2. The number of benzene rings is 1. The van der Waals surface area contributed by atoms with Crippen molar-refractivity contribution in [1.82, 2.24) is 19.7 Å². The van der Waals surface area contributed by atoms with Gasteiger partial charge in [-0.1, -0.05) is 19.9 Å². The molecular weight excluding hydrogens is 404 g/mol. The van der Waals surface area contributed by atoms with E-state index in [4.69, 9.17) is 14.5 Å². The third-order valence-electron chi connectivity index (χ3n) is 6.48. The lowest BCUT2D eigenvalue weighted by Crippen LogP contribution is -2.31. The first-order chi connectivity index (χ1) is 15.4. The molecule has 0 radical (unpaired) electrons. The van der Waals surface area contributed by atoms with Crippen molar-refractivity contribution in [1.29, 1.82) is 0 Å². The number of aryl methyl sites for hydroxylation is 2. The Bertz CT molecular complexity index is 1180. The van der Waals surface area contributed by atoms with Crippen LogP contribution in [0, 0.1) is 6.92 Å². The summed E-state index contributed by atoms with van der Waals surface area (Å²) in [6.45, 7) is 8.20. The lowest BCUT2D eigenvalue weighted by Gasteiger charge is -2.26. The Balaban J connectivity index is 1.54. The molecule has 32 heavy (non-hydrogen) atoms. The average Bonchev–Trinajstić information content (AvgIpc) is 3.29. The minimum atomic E-state index is 0.0161. The highest BCUT2D eigenvalue weighted by Crippen LogP contribution is 2.39. The summed E-state index contributed by atoms with van der Waals surface area (Å²) in [4.78, 5) is 20.7. The summed E-state index contributed by atoms with van der Waals surface area (Å²) in [5.41, 5.74) is 4.31. The largest absolute Gasteiger partial charge is 0.490 e. The average molecular weight is 435 g/mol. The van der Waals surface area contributed by atoms with E-state index in [1.54, 1.807) is 4.68 Å². The summed E-state index contributed by atoms with van der Waals surface area (Å²) in [7, 11) is 1.89.